The third-order valence-corrected chi connectivity index (χ3v) is 2.34. The summed E-state index contributed by atoms with van der Waals surface area (Å²) < 4.78 is 5.58. The molecule has 0 aliphatic heterocycles. The first-order valence-electron chi connectivity index (χ1n) is 5.59. The van der Waals surface area contributed by atoms with Crippen LogP contribution >= 0.6 is 0 Å². The maximum absolute atomic E-state index is 5.76. The molecule has 1 unspecified atom stereocenters. The van der Waals surface area contributed by atoms with Crippen LogP contribution < -0.4 is 15.8 Å². The number of rotatable bonds is 7. The van der Waals surface area contributed by atoms with Gasteiger partial charge < -0.3 is 15.8 Å². The highest BCUT2D eigenvalue weighted by molar-refractivity contribution is 5.36. The molecule has 88 valence electrons. The minimum absolute atomic E-state index is 0.112. The fourth-order valence-electron chi connectivity index (χ4n) is 1.60. The first kappa shape index (κ1) is 12.7. The van der Waals surface area contributed by atoms with Gasteiger partial charge in [0.15, 0.2) is 0 Å². The van der Waals surface area contributed by atoms with Gasteiger partial charge in [-0.1, -0.05) is 24.3 Å². The van der Waals surface area contributed by atoms with Crippen LogP contribution in [-0.2, 0) is 0 Å². The summed E-state index contributed by atoms with van der Waals surface area (Å²) in [6, 6.07) is 8.09. The summed E-state index contributed by atoms with van der Waals surface area (Å²) in [5.74, 6) is 0.900. The molecule has 1 aromatic rings. The molecular formula is C13H20N2O. The molecule has 3 heteroatoms. The molecule has 0 aromatic heterocycles. The third-order valence-electron chi connectivity index (χ3n) is 2.34. The van der Waals surface area contributed by atoms with Crippen molar-refractivity contribution in [3.05, 3.63) is 42.5 Å². The fraction of sp³-hybridized carbons (Fsp3) is 0.385. The van der Waals surface area contributed by atoms with Crippen molar-refractivity contribution in [2.75, 3.05) is 19.7 Å². The average molecular weight is 220 g/mol. The van der Waals surface area contributed by atoms with E-state index in [9.17, 15) is 0 Å². The molecule has 0 spiro atoms. The summed E-state index contributed by atoms with van der Waals surface area (Å²) in [4.78, 5) is 0. The van der Waals surface area contributed by atoms with Crippen molar-refractivity contribution in [3.8, 4) is 5.75 Å². The Bertz CT molecular complexity index is 325. The number of nitrogens with one attached hydrogen (secondary N) is 1. The second-order valence-corrected chi connectivity index (χ2v) is 3.46. The van der Waals surface area contributed by atoms with E-state index < -0.39 is 0 Å². The minimum atomic E-state index is 0.112. The third kappa shape index (κ3) is 3.36. The molecule has 0 bridgehead atoms. The van der Waals surface area contributed by atoms with Crippen LogP contribution in [0.4, 0.5) is 0 Å². The zero-order valence-electron chi connectivity index (χ0n) is 9.78. The molecule has 0 aliphatic rings. The van der Waals surface area contributed by atoms with Crippen molar-refractivity contribution in [1.82, 2.24) is 5.32 Å². The topological polar surface area (TPSA) is 47.3 Å². The Kier molecular flexibility index (Phi) is 5.61. The van der Waals surface area contributed by atoms with E-state index >= 15 is 0 Å². The van der Waals surface area contributed by atoms with Gasteiger partial charge in [0.05, 0.1) is 6.61 Å². The van der Waals surface area contributed by atoms with Crippen LogP contribution in [0.2, 0.25) is 0 Å². The Morgan fingerprint density at radius 1 is 1.50 bits per heavy atom. The van der Waals surface area contributed by atoms with Crippen LogP contribution in [0.1, 0.15) is 18.5 Å². The molecule has 0 heterocycles. The van der Waals surface area contributed by atoms with Crippen LogP contribution in [0, 0.1) is 0 Å². The maximum atomic E-state index is 5.76. The SMILES string of the molecule is C=CCNC(CN)c1ccccc1OCC. The van der Waals surface area contributed by atoms with E-state index in [1.165, 1.54) is 0 Å². The fourth-order valence-corrected chi connectivity index (χ4v) is 1.60. The van der Waals surface area contributed by atoms with Gasteiger partial charge in [0.2, 0.25) is 0 Å². The molecular weight excluding hydrogens is 200 g/mol. The second kappa shape index (κ2) is 7.04. The highest BCUT2D eigenvalue weighted by Crippen LogP contribution is 2.24. The summed E-state index contributed by atoms with van der Waals surface area (Å²) in [6.07, 6.45) is 1.83. The quantitative estimate of drug-likeness (QED) is 0.689. The maximum Gasteiger partial charge on any atom is 0.124 e. The predicted octanol–water partition coefficient (Wildman–Crippen LogP) is 1.86. The van der Waals surface area contributed by atoms with Gasteiger partial charge in [-0.2, -0.15) is 0 Å². The lowest BCUT2D eigenvalue weighted by atomic mass is 10.1. The van der Waals surface area contributed by atoms with Gasteiger partial charge >= 0.3 is 0 Å². The predicted molar refractivity (Wildman–Crippen MR) is 67.6 cm³/mol. The Hall–Kier alpha value is -1.32. The lowest BCUT2D eigenvalue weighted by Gasteiger charge is -2.19. The van der Waals surface area contributed by atoms with Gasteiger partial charge in [-0.05, 0) is 13.0 Å². The Labute approximate surface area is 97.3 Å². The molecule has 1 aromatic carbocycles. The number of hydrogen-bond donors (Lipinski definition) is 2. The first-order chi connectivity index (χ1) is 7.83. The Balaban J connectivity index is 2.84. The number of para-hydroxylation sites is 1. The molecule has 0 amide bonds. The summed E-state index contributed by atoms with van der Waals surface area (Å²) in [5.41, 5.74) is 6.86. The summed E-state index contributed by atoms with van der Waals surface area (Å²) in [6.45, 7) is 7.60. The zero-order chi connectivity index (χ0) is 11.8. The van der Waals surface area contributed by atoms with E-state index in [1.54, 1.807) is 0 Å². The van der Waals surface area contributed by atoms with E-state index in [2.05, 4.69) is 11.9 Å². The molecule has 1 atom stereocenters. The van der Waals surface area contributed by atoms with E-state index in [0.29, 0.717) is 13.2 Å². The summed E-state index contributed by atoms with van der Waals surface area (Å²) in [7, 11) is 0. The van der Waals surface area contributed by atoms with Crippen LogP contribution in [-0.4, -0.2) is 19.7 Å². The molecule has 1 rings (SSSR count). The molecule has 0 saturated heterocycles. The van der Waals surface area contributed by atoms with Crippen LogP contribution in [0.15, 0.2) is 36.9 Å². The van der Waals surface area contributed by atoms with E-state index in [-0.39, 0.29) is 6.04 Å². The summed E-state index contributed by atoms with van der Waals surface area (Å²) in [5, 5.41) is 3.31. The van der Waals surface area contributed by atoms with Gasteiger partial charge in [0, 0.05) is 24.7 Å². The van der Waals surface area contributed by atoms with Crippen molar-refractivity contribution in [2.24, 2.45) is 5.73 Å². The molecule has 16 heavy (non-hydrogen) atoms. The van der Waals surface area contributed by atoms with Crippen molar-refractivity contribution >= 4 is 0 Å². The van der Waals surface area contributed by atoms with Gasteiger partial charge in [-0.25, -0.2) is 0 Å². The highest BCUT2D eigenvalue weighted by atomic mass is 16.5. The number of nitrogens with two attached hydrogens (primary N) is 1. The van der Waals surface area contributed by atoms with Crippen molar-refractivity contribution in [2.45, 2.75) is 13.0 Å². The number of hydrogen-bond acceptors (Lipinski definition) is 3. The molecule has 0 fully saturated rings. The molecule has 0 aliphatic carbocycles. The van der Waals surface area contributed by atoms with Gasteiger partial charge in [-0.3, -0.25) is 0 Å². The molecule has 3 N–H and O–H groups in total. The Morgan fingerprint density at radius 3 is 2.88 bits per heavy atom. The minimum Gasteiger partial charge on any atom is -0.494 e. The normalized spacial score (nSPS) is 12.1. The Morgan fingerprint density at radius 2 is 2.25 bits per heavy atom. The van der Waals surface area contributed by atoms with E-state index in [0.717, 1.165) is 17.9 Å². The molecule has 0 radical (unpaired) electrons. The average Bonchev–Trinajstić information content (AvgIpc) is 2.32. The smallest absolute Gasteiger partial charge is 0.124 e. The summed E-state index contributed by atoms with van der Waals surface area (Å²) >= 11 is 0. The van der Waals surface area contributed by atoms with Crippen LogP contribution in [0.3, 0.4) is 0 Å². The van der Waals surface area contributed by atoms with Gasteiger partial charge in [0.1, 0.15) is 5.75 Å². The second-order valence-electron chi connectivity index (χ2n) is 3.46. The zero-order valence-corrected chi connectivity index (χ0v) is 9.78. The molecule has 3 nitrogen and oxygen atoms in total. The first-order valence-corrected chi connectivity index (χ1v) is 5.59. The monoisotopic (exact) mass is 220 g/mol. The highest BCUT2D eigenvalue weighted by Gasteiger charge is 2.12. The lowest BCUT2D eigenvalue weighted by molar-refractivity contribution is 0.332. The van der Waals surface area contributed by atoms with Crippen LogP contribution in [0.5, 0.6) is 5.75 Å². The van der Waals surface area contributed by atoms with E-state index in [4.69, 9.17) is 10.5 Å². The van der Waals surface area contributed by atoms with Gasteiger partial charge in [0.25, 0.3) is 0 Å². The number of benzene rings is 1. The van der Waals surface area contributed by atoms with E-state index in [1.807, 2.05) is 37.3 Å². The van der Waals surface area contributed by atoms with Crippen molar-refractivity contribution in [1.29, 1.82) is 0 Å². The largest absolute Gasteiger partial charge is 0.494 e. The molecule has 0 saturated carbocycles. The van der Waals surface area contributed by atoms with Crippen molar-refractivity contribution in [3.63, 3.8) is 0 Å². The van der Waals surface area contributed by atoms with Crippen molar-refractivity contribution < 1.29 is 4.74 Å². The lowest BCUT2D eigenvalue weighted by Crippen LogP contribution is -2.28. The standard InChI is InChI=1S/C13H20N2O/c1-3-9-15-12(10-14)11-7-5-6-8-13(11)16-4-2/h3,5-8,12,15H,1,4,9-10,14H2,2H3. The number of ether oxygens (including phenoxy) is 1. The van der Waals surface area contributed by atoms with Gasteiger partial charge in [-0.15, -0.1) is 6.58 Å². The van der Waals surface area contributed by atoms with Crippen LogP contribution in [0.25, 0.3) is 0 Å².